The zero-order valence-electron chi connectivity index (χ0n) is 14.9. The number of hydrogen-bond donors (Lipinski definition) is 1. The van der Waals surface area contributed by atoms with Gasteiger partial charge in [0.1, 0.15) is 17.8 Å². The molecular weight excluding hydrogens is 348 g/mol. The van der Waals surface area contributed by atoms with Crippen molar-refractivity contribution in [2.75, 3.05) is 6.54 Å². The summed E-state index contributed by atoms with van der Waals surface area (Å²) in [7, 11) is 0. The molecule has 1 saturated heterocycles. The van der Waals surface area contributed by atoms with Crippen molar-refractivity contribution in [1.29, 1.82) is 0 Å². The van der Waals surface area contributed by atoms with Gasteiger partial charge in [-0.1, -0.05) is 30.3 Å². The Balaban J connectivity index is 1.70. The molecule has 0 radical (unpaired) electrons. The molecule has 1 aliphatic rings. The summed E-state index contributed by atoms with van der Waals surface area (Å²) >= 11 is 0. The summed E-state index contributed by atoms with van der Waals surface area (Å²) in [6, 6.07) is 14.2. The largest absolute Gasteiger partial charge is 0.425 e. The van der Waals surface area contributed by atoms with Crippen molar-refractivity contribution in [1.82, 2.24) is 10.2 Å². The lowest BCUT2D eigenvalue weighted by molar-refractivity contribution is -0.140. The molecule has 0 bridgehead atoms. The van der Waals surface area contributed by atoms with Crippen LogP contribution in [0.15, 0.2) is 54.6 Å². The van der Waals surface area contributed by atoms with Crippen molar-refractivity contribution in [3.63, 3.8) is 0 Å². The van der Waals surface area contributed by atoms with E-state index in [-0.39, 0.29) is 11.5 Å². The zero-order valence-corrected chi connectivity index (χ0v) is 14.9. The Hall–Kier alpha value is -3.48. The average molecular weight is 366 g/mol. The summed E-state index contributed by atoms with van der Waals surface area (Å²) in [5.41, 5.74) is -0.122. The number of carbonyl (C=O) groups is 4. The lowest BCUT2D eigenvalue weighted by Crippen LogP contribution is -2.41. The highest BCUT2D eigenvalue weighted by Gasteiger charge is 2.49. The molecule has 27 heavy (non-hydrogen) atoms. The topological polar surface area (TPSA) is 92.8 Å². The number of rotatable bonds is 5. The number of imide groups is 1. The third-order valence-electron chi connectivity index (χ3n) is 4.41. The highest BCUT2D eigenvalue weighted by molar-refractivity contribution is 6.08. The third-order valence-corrected chi connectivity index (χ3v) is 4.41. The molecular formula is C20H18N2O5. The molecule has 7 nitrogen and oxygen atoms in total. The molecule has 138 valence electrons. The zero-order chi connectivity index (χ0) is 19.6. The van der Waals surface area contributed by atoms with E-state index in [2.05, 4.69) is 5.32 Å². The number of hydrogen-bond acceptors (Lipinski definition) is 5. The molecule has 2 aromatic rings. The van der Waals surface area contributed by atoms with E-state index in [0.717, 1.165) is 4.90 Å². The fraction of sp³-hybridized carbons (Fsp3) is 0.200. The summed E-state index contributed by atoms with van der Waals surface area (Å²) in [6.07, 6.45) is 0. The van der Waals surface area contributed by atoms with Crippen molar-refractivity contribution in [3.05, 3.63) is 65.7 Å². The molecule has 1 fully saturated rings. The molecule has 0 unspecified atom stereocenters. The van der Waals surface area contributed by atoms with Gasteiger partial charge in [0.25, 0.3) is 5.91 Å². The molecule has 1 heterocycles. The minimum atomic E-state index is -1.23. The fourth-order valence-corrected chi connectivity index (χ4v) is 2.86. The van der Waals surface area contributed by atoms with E-state index in [1.807, 2.05) is 0 Å². The van der Waals surface area contributed by atoms with Crippen LogP contribution in [0.25, 0.3) is 0 Å². The maximum Gasteiger partial charge on any atom is 0.331 e. The number of urea groups is 1. The minimum absolute atomic E-state index is 0.104. The average Bonchev–Trinajstić information content (AvgIpc) is 2.87. The second-order valence-corrected chi connectivity index (χ2v) is 6.37. The first kappa shape index (κ1) is 18.3. The summed E-state index contributed by atoms with van der Waals surface area (Å²) < 4.78 is 5.16. The smallest absolute Gasteiger partial charge is 0.331 e. The number of esters is 1. The molecule has 1 aliphatic heterocycles. The molecule has 1 atom stereocenters. The number of nitrogens with zero attached hydrogens (tertiary/aromatic N) is 1. The Morgan fingerprint density at radius 1 is 1.04 bits per heavy atom. The van der Waals surface area contributed by atoms with E-state index < -0.39 is 30.0 Å². The second-order valence-electron chi connectivity index (χ2n) is 6.37. The Kier molecular flexibility index (Phi) is 4.77. The Morgan fingerprint density at radius 3 is 2.26 bits per heavy atom. The number of ketones is 1. The maximum absolute atomic E-state index is 12.7. The van der Waals surface area contributed by atoms with Gasteiger partial charge < -0.3 is 10.1 Å². The van der Waals surface area contributed by atoms with Crippen LogP contribution < -0.4 is 10.1 Å². The summed E-state index contributed by atoms with van der Waals surface area (Å²) in [6.45, 7) is 2.51. The fourth-order valence-electron chi connectivity index (χ4n) is 2.86. The number of amides is 3. The van der Waals surface area contributed by atoms with Gasteiger partial charge in [0.2, 0.25) is 0 Å². The van der Waals surface area contributed by atoms with Crippen LogP contribution in [-0.4, -0.2) is 35.1 Å². The van der Waals surface area contributed by atoms with Crippen molar-refractivity contribution in [2.24, 2.45) is 0 Å². The van der Waals surface area contributed by atoms with Crippen LogP contribution in [0.4, 0.5) is 4.79 Å². The van der Waals surface area contributed by atoms with E-state index >= 15 is 0 Å². The first-order chi connectivity index (χ1) is 12.8. The standard InChI is InChI=1S/C20H18N2O5/c1-13(23)14-8-10-16(11-9-14)27-17(24)12-22-18(25)20(2,21-19(22)26)15-6-4-3-5-7-15/h3-11H,12H2,1-2H3,(H,21,26)/t20-/m0/s1. The molecule has 0 aromatic heterocycles. The molecule has 7 heteroatoms. The quantitative estimate of drug-likeness (QED) is 0.379. The number of benzene rings is 2. The van der Waals surface area contributed by atoms with E-state index in [1.165, 1.54) is 31.2 Å². The third kappa shape index (κ3) is 3.57. The molecule has 0 spiro atoms. The van der Waals surface area contributed by atoms with Gasteiger partial charge in [0.05, 0.1) is 0 Å². The van der Waals surface area contributed by atoms with Crippen LogP contribution in [0.1, 0.15) is 29.8 Å². The van der Waals surface area contributed by atoms with Crippen molar-refractivity contribution >= 4 is 23.7 Å². The van der Waals surface area contributed by atoms with Gasteiger partial charge in [0, 0.05) is 5.56 Å². The van der Waals surface area contributed by atoms with Gasteiger partial charge in [-0.3, -0.25) is 14.5 Å². The van der Waals surface area contributed by atoms with Crippen LogP contribution in [0.2, 0.25) is 0 Å². The normalized spacial score (nSPS) is 19.0. The minimum Gasteiger partial charge on any atom is -0.425 e. The lowest BCUT2D eigenvalue weighted by atomic mass is 9.92. The second kappa shape index (κ2) is 7.03. The Bertz CT molecular complexity index is 908. The predicted molar refractivity (Wildman–Crippen MR) is 96.1 cm³/mol. The van der Waals surface area contributed by atoms with Crippen molar-refractivity contribution in [2.45, 2.75) is 19.4 Å². The lowest BCUT2D eigenvalue weighted by Gasteiger charge is -2.21. The first-order valence-corrected chi connectivity index (χ1v) is 8.32. The van der Waals surface area contributed by atoms with Gasteiger partial charge in [-0.05, 0) is 43.7 Å². The van der Waals surface area contributed by atoms with Gasteiger partial charge in [-0.25, -0.2) is 9.59 Å². The maximum atomic E-state index is 12.7. The summed E-state index contributed by atoms with van der Waals surface area (Å²) in [4.78, 5) is 49.2. The molecule has 0 aliphatic carbocycles. The van der Waals surface area contributed by atoms with Crippen molar-refractivity contribution < 1.29 is 23.9 Å². The molecule has 3 amide bonds. The molecule has 1 N–H and O–H groups in total. The van der Waals surface area contributed by atoms with E-state index in [1.54, 1.807) is 37.3 Å². The number of carbonyl (C=O) groups excluding carboxylic acids is 4. The van der Waals surface area contributed by atoms with Crippen LogP contribution in [0.5, 0.6) is 5.75 Å². The Labute approximate surface area is 155 Å². The summed E-state index contributed by atoms with van der Waals surface area (Å²) in [5, 5.41) is 2.63. The van der Waals surface area contributed by atoms with E-state index in [4.69, 9.17) is 4.74 Å². The number of Topliss-reactive ketones (excluding diaryl/α,β-unsaturated/α-hetero) is 1. The SMILES string of the molecule is CC(=O)c1ccc(OC(=O)CN2C(=O)N[C@@](C)(c3ccccc3)C2=O)cc1. The van der Waals surface area contributed by atoms with Gasteiger partial charge in [-0.15, -0.1) is 0 Å². The summed E-state index contributed by atoms with van der Waals surface area (Å²) in [5.74, 6) is -1.16. The van der Waals surface area contributed by atoms with Crippen LogP contribution >= 0.6 is 0 Å². The van der Waals surface area contributed by atoms with Crippen molar-refractivity contribution in [3.8, 4) is 5.75 Å². The van der Waals surface area contributed by atoms with E-state index in [9.17, 15) is 19.2 Å². The van der Waals surface area contributed by atoms with Gasteiger partial charge in [0.15, 0.2) is 5.78 Å². The number of nitrogens with one attached hydrogen (secondary N) is 1. The Morgan fingerprint density at radius 2 is 1.67 bits per heavy atom. The monoisotopic (exact) mass is 366 g/mol. The first-order valence-electron chi connectivity index (χ1n) is 8.32. The highest BCUT2D eigenvalue weighted by atomic mass is 16.5. The van der Waals surface area contributed by atoms with Crippen LogP contribution in [-0.2, 0) is 15.1 Å². The molecule has 0 saturated carbocycles. The predicted octanol–water partition coefficient (Wildman–Crippen LogP) is 2.26. The van der Waals surface area contributed by atoms with E-state index in [0.29, 0.717) is 11.1 Å². The molecule has 3 rings (SSSR count). The van der Waals surface area contributed by atoms with Gasteiger partial charge in [-0.2, -0.15) is 0 Å². The van der Waals surface area contributed by atoms with Gasteiger partial charge >= 0.3 is 12.0 Å². The highest BCUT2D eigenvalue weighted by Crippen LogP contribution is 2.28. The van der Waals surface area contributed by atoms with Crippen LogP contribution in [0.3, 0.4) is 0 Å². The number of ether oxygens (including phenoxy) is 1. The molecule has 2 aromatic carbocycles. The van der Waals surface area contributed by atoms with Crippen LogP contribution in [0, 0.1) is 0 Å².